The first-order valence-electron chi connectivity index (χ1n) is 13.0. The van der Waals surface area contributed by atoms with Crippen molar-refractivity contribution >= 4 is 11.8 Å². The largest absolute Gasteiger partial charge is 0.423 e. The molecule has 5 rings (SSSR count). The molecule has 1 aromatic carbocycles. The quantitative estimate of drug-likeness (QED) is 0.649. The van der Waals surface area contributed by atoms with Gasteiger partial charge in [0.05, 0.1) is 12.6 Å². The van der Waals surface area contributed by atoms with Crippen molar-refractivity contribution in [3.05, 3.63) is 47.2 Å². The summed E-state index contributed by atoms with van der Waals surface area (Å²) < 4.78 is 6.08. The highest BCUT2D eigenvalue weighted by atomic mass is 16.4. The highest BCUT2D eigenvalue weighted by Crippen LogP contribution is 2.49. The van der Waals surface area contributed by atoms with Gasteiger partial charge in [0, 0.05) is 44.2 Å². The third-order valence-electron chi connectivity index (χ3n) is 8.01. The first-order chi connectivity index (χ1) is 16.8. The van der Waals surface area contributed by atoms with E-state index in [1.807, 2.05) is 54.8 Å². The summed E-state index contributed by atoms with van der Waals surface area (Å²) in [6.07, 6.45) is 4.89. The van der Waals surface area contributed by atoms with Crippen LogP contribution in [0.5, 0.6) is 0 Å². The van der Waals surface area contributed by atoms with Gasteiger partial charge in [0.2, 0.25) is 17.7 Å². The van der Waals surface area contributed by atoms with Gasteiger partial charge in [-0.1, -0.05) is 31.5 Å². The topological polar surface area (TPSA) is 82.8 Å². The van der Waals surface area contributed by atoms with Gasteiger partial charge in [-0.2, -0.15) is 0 Å². The number of carbonyl (C=O) groups is 2. The average molecular weight is 480 g/mol. The summed E-state index contributed by atoms with van der Waals surface area (Å²) in [5.74, 6) is 1.74. The second-order valence-electron chi connectivity index (χ2n) is 11.0. The molecule has 0 N–H and O–H groups in total. The van der Waals surface area contributed by atoms with E-state index in [4.69, 9.17) is 4.42 Å². The minimum absolute atomic E-state index is 0.0474. The smallest absolute Gasteiger partial charge is 0.253 e. The van der Waals surface area contributed by atoms with Crippen LogP contribution in [0.15, 0.2) is 28.7 Å². The first kappa shape index (κ1) is 24.0. The molecule has 8 nitrogen and oxygen atoms in total. The molecule has 35 heavy (non-hydrogen) atoms. The van der Waals surface area contributed by atoms with Gasteiger partial charge >= 0.3 is 0 Å². The number of nitrogens with zero attached hydrogens (tertiary/aromatic N) is 5. The van der Waals surface area contributed by atoms with Crippen molar-refractivity contribution in [2.75, 3.05) is 39.3 Å². The molecule has 0 saturated carbocycles. The van der Waals surface area contributed by atoms with Crippen LogP contribution in [0.3, 0.4) is 0 Å². The van der Waals surface area contributed by atoms with Crippen LogP contribution in [-0.2, 0) is 4.79 Å². The van der Waals surface area contributed by atoms with E-state index < -0.39 is 0 Å². The van der Waals surface area contributed by atoms with Crippen molar-refractivity contribution < 1.29 is 14.0 Å². The molecule has 1 spiro atoms. The fourth-order valence-electron chi connectivity index (χ4n) is 5.92. The number of rotatable bonds is 5. The van der Waals surface area contributed by atoms with Crippen molar-refractivity contribution in [3.8, 4) is 0 Å². The van der Waals surface area contributed by atoms with E-state index in [1.165, 1.54) is 0 Å². The lowest BCUT2D eigenvalue weighted by Crippen LogP contribution is -2.45. The van der Waals surface area contributed by atoms with Gasteiger partial charge in [-0.25, -0.2) is 0 Å². The summed E-state index contributed by atoms with van der Waals surface area (Å²) in [5, 5.41) is 8.67. The van der Waals surface area contributed by atoms with Crippen molar-refractivity contribution in [2.24, 2.45) is 5.41 Å². The van der Waals surface area contributed by atoms with Crippen LogP contribution in [0.4, 0.5) is 0 Å². The van der Waals surface area contributed by atoms with Crippen molar-refractivity contribution in [1.29, 1.82) is 0 Å². The van der Waals surface area contributed by atoms with Crippen LogP contribution in [0.1, 0.15) is 85.6 Å². The highest BCUT2D eigenvalue weighted by molar-refractivity contribution is 5.94. The minimum atomic E-state index is -0.0550. The SMILES string of the molecule is Cc1cccc(C(=O)N2CCC3(CC2)CC(c2nnc(C(C)C)o2)N(CC(=O)N2CCCC2)C3)c1. The van der Waals surface area contributed by atoms with E-state index in [9.17, 15) is 9.59 Å². The first-order valence-corrected chi connectivity index (χ1v) is 13.0. The average Bonchev–Trinajstić information content (AvgIpc) is 3.60. The molecule has 3 aliphatic rings. The standard InChI is InChI=1S/C27H37N5O3/c1-19(2)24-28-29-25(35-24)22-16-27(18-32(22)17-23(33)30-11-4-5-12-30)9-13-31(14-10-27)26(34)21-8-6-7-20(3)15-21/h6-8,15,19,22H,4-5,9-14,16-18H2,1-3H3. The monoisotopic (exact) mass is 479 g/mol. The Labute approximate surface area is 207 Å². The molecule has 0 radical (unpaired) electrons. The van der Waals surface area contributed by atoms with E-state index in [1.54, 1.807) is 0 Å². The van der Waals surface area contributed by atoms with Gasteiger partial charge in [0.15, 0.2) is 0 Å². The van der Waals surface area contributed by atoms with Gasteiger partial charge in [0.25, 0.3) is 5.91 Å². The van der Waals surface area contributed by atoms with E-state index in [2.05, 4.69) is 15.1 Å². The van der Waals surface area contributed by atoms with Crippen LogP contribution >= 0.6 is 0 Å². The van der Waals surface area contributed by atoms with E-state index >= 15 is 0 Å². The molecule has 3 saturated heterocycles. The maximum absolute atomic E-state index is 13.1. The number of hydrogen-bond acceptors (Lipinski definition) is 6. The summed E-state index contributed by atoms with van der Waals surface area (Å²) >= 11 is 0. The summed E-state index contributed by atoms with van der Waals surface area (Å²) in [7, 11) is 0. The molecule has 1 unspecified atom stereocenters. The Kier molecular flexibility index (Phi) is 6.66. The molecular weight excluding hydrogens is 442 g/mol. The van der Waals surface area contributed by atoms with Crippen molar-refractivity contribution in [1.82, 2.24) is 24.9 Å². The summed E-state index contributed by atoms with van der Waals surface area (Å²) in [6.45, 7) is 10.5. The Morgan fingerprint density at radius 3 is 2.49 bits per heavy atom. The van der Waals surface area contributed by atoms with Crippen LogP contribution in [-0.4, -0.2) is 76.0 Å². The molecule has 3 aliphatic heterocycles. The van der Waals surface area contributed by atoms with Crippen LogP contribution in [0.2, 0.25) is 0 Å². The predicted octanol–water partition coefficient (Wildman–Crippen LogP) is 3.79. The molecule has 2 amide bonds. The van der Waals surface area contributed by atoms with Gasteiger partial charge in [-0.3, -0.25) is 14.5 Å². The molecular formula is C27H37N5O3. The van der Waals surface area contributed by atoms with Crippen molar-refractivity contribution in [3.63, 3.8) is 0 Å². The number of carbonyl (C=O) groups excluding carboxylic acids is 2. The molecule has 8 heteroatoms. The number of likely N-dealkylation sites (tertiary alicyclic amines) is 3. The van der Waals surface area contributed by atoms with Crippen LogP contribution in [0.25, 0.3) is 0 Å². The van der Waals surface area contributed by atoms with Gasteiger partial charge in [-0.05, 0) is 56.6 Å². The highest BCUT2D eigenvalue weighted by Gasteiger charge is 2.49. The number of hydrogen-bond donors (Lipinski definition) is 0. The molecule has 3 fully saturated rings. The Bertz CT molecular complexity index is 1070. The number of aromatic nitrogens is 2. The summed E-state index contributed by atoms with van der Waals surface area (Å²) in [6, 6.07) is 7.77. The predicted molar refractivity (Wildman–Crippen MR) is 132 cm³/mol. The van der Waals surface area contributed by atoms with Gasteiger partial charge in [0.1, 0.15) is 0 Å². The number of aryl methyl sites for hydroxylation is 1. The molecule has 0 bridgehead atoms. The Balaban J connectivity index is 1.31. The number of piperidine rings is 1. The molecule has 188 valence electrons. The van der Waals surface area contributed by atoms with Crippen LogP contribution < -0.4 is 0 Å². The normalized spacial score (nSPS) is 22.5. The fourth-order valence-corrected chi connectivity index (χ4v) is 5.92. The molecule has 1 aromatic heterocycles. The Morgan fingerprint density at radius 2 is 1.83 bits per heavy atom. The third kappa shape index (κ3) is 4.99. The Morgan fingerprint density at radius 1 is 1.09 bits per heavy atom. The second-order valence-corrected chi connectivity index (χ2v) is 11.0. The maximum Gasteiger partial charge on any atom is 0.253 e. The lowest BCUT2D eigenvalue weighted by atomic mass is 9.76. The zero-order valence-electron chi connectivity index (χ0n) is 21.2. The molecule has 0 aliphatic carbocycles. The van der Waals surface area contributed by atoms with Gasteiger partial charge in [-0.15, -0.1) is 10.2 Å². The number of amides is 2. The van der Waals surface area contributed by atoms with Gasteiger partial charge < -0.3 is 14.2 Å². The van der Waals surface area contributed by atoms with E-state index in [0.29, 0.717) is 18.3 Å². The lowest BCUT2D eigenvalue weighted by molar-refractivity contribution is -0.131. The van der Waals surface area contributed by atoms with Crippen molar-refractivity contribution in [2.45, 2.75) is 64.8 Å². The Hall–Kier alpha value is -2.74. The maximum atomic E-state index is 13.1. The zero-order valence-corrected chi connectivity index (χ0v) is 21.2. The lowest BCUT2D eigenvalue weighted by Gasteiger charge is -2.39. The molecule has 1 atom stereocenters. The fraction of sp³-hybridized carbons (Fsp3) is 0.630. The molecule has 4 heterocycles. The summed E-state index contributed by atoms with van der Waals surface area (Å²) in [5.41, 5.74) is 1.91. The van der Waals surface area contributed by atoms with E-state index in [-0.39, 0.29) is 29.2 Å². The van der Waals surface area contributed by atoms with E-state index in [0.717, 1.165) is 76.0 Å². The zero-order chi connectivity index (χ0) is 24.6. The third-order valence-corrected chi connectivity index (χ3v) is 8.01. The molecule has 2 aromatic rings. The second kappa shape index (κ2) is 9.72. The number of benzene rings is 1. The van der Waals surface area contributed by atoms with Crippen LogP contribution in [0, 0.1) is 12.3 Å². The summed E-state index contributed by atoms with van der Waals surface area (Å²) in [4.78, 5) is 32.4. The minimum Gasteiger partial charge on any atom is -0.423 e.